The third-order valence-corrected chi connectivity index (χ3v) is 5.39. The van der Waals surface area contributed by atoms with Gasteiger partial charge in [-0.15, -0.1) is 0 Å². The standard InChI is InChI=1S/C23H19ClF2N2O4/c24-16-5-3-15(4-6-16)23(25,26)19(29)9-2-13-1-7-17-14(11-13)12-28(22(17)32)18-8-10-20(30)27-21(18)31/h1,3-7,11,18H,2,8-10,12H2,(H,27,30,31)/t18-/m0/s1/i8D2,10D2,18D/hD. The minimum Gasteiger partial charge on any atom is -0.322 e. The van der Waals surface area contributed by atoms with Gasteiger partial charge in [-0.2, -0.15) is 8.78 Å². The molecule has 2 heterocycles. The van der Waals surface area contributed by atoms with Crippen LogP contribution in [0, 0.1) is 0 Å². The number of ketones is 1. The monoisotopic (exact) mass is 466 g/mol. The summed E-state index contributed by atoms with van der Waals surface area (Å²) in [4.78, 5) is 50.6. The molecule has 9 heteroatoms. The second-order valence-corrected chi connectivity index (χ2v) is 7.64. The van der Waals surface area contributed by atoms with Crippen molar-refractivity contribution in [3.63, 3.8) is 0 Å². The number of benzene rings is 2. The number of aryl methyl sites for hydroxylation is 1. The van der Waals surface area contributed by atoms with Crippen molar-refractivity contribution in [2.75, 3.05) is 0 Å². The van der Waals surface area contributed by atoms with Crippen LogP contribution < -0.4 is 5.31 Å². The van der Waals surface area contributed by atoms with Crippen LogP contribution in [-0.4, -0.2) is 34.4 Å². The lowest BCUT2D eigenvalue weighted by atomic mass is 9.97. The van der Waals surface area contributed by atoms with Gasteiger partial charge < -0.3 is 4.90 Å². The van der Waals surface area contributed by atoms with E-state index in [0.717, 1.165) is 12.1 Å². The Morgan fingerprint density at radius 1 is 1.25 bits per heavy atom. The van der Waals surface area contributed by atoms with Crippen molar-refractivity contribution in [2.45, 2.75) is 44.1 Å². The molecule has 2 aliphatic heterocycles. The number of halogens is 3. The first-order chi connectivity index (χ1) is 17.5. The van der Waals surface area contributed by atoms with Crippen LogP contribution in [0.1, 0.15) is 53.1 Å². The van der Waals surface area contributed by atoms with Gasteiger partial charge in [0.1, 0.15) is 6.02 Å². The maximum Gasteiger partial charge on any atom is 0.330 e. The highest BCUT2D eigenvalue weighted by Gasteiger charge is 2.41. The van der Waals surface area contributed by atoms with Crippen molar-refractivity contribution in [1.82, 2.24) is 10.2 Å². The molecule has 1 fully saturated rings. The molecule has 2 aliphatic rings. The number of Topliss-reactive ketones (excluding diaryl/α,β-unsaturated/α-hetero) is 1. The molecule has 0 aliphatic carbocycles. The van der Waals surface area contributed by atoms with Crippen LogP contribution in [0.25, 0.3) is 0 Å². The molecule has 1 saturated heterocycles. The molecular weight excluding hydrogens is 442 g/mol. The molecule has 2 aromatic carbocycles. The molecule has 32 heavy (non-hydrogen) atoms. The van der Waals surface area contributed by atoms with E-state index in [0.29, 0.717) is 10.5 Å². The number of alkyl halides is 2. The fraction of sp³-hybridized carbons (Fsp3) is 0.304. The van der Waals surface area contributed by atoms with E-state index in [-0.39, 0.29) is 22.6 Å². The van der Waals surface area contributed by atoms with Crippen molar-refractivity contribution in [1.29, 1.82) is 0 Å². The zero-order valence-electron chi connectivity index (χ0n) is 22.3. The van der Waals surface area contributed by atoms with Gasteiger partial charge in [0.25, 0.3) is 5.91 Å². The maximum absolute atomic E-state index is 14.6. The summed E-state index contributed by atoms with van der Waals surface area (Å²) in [6.45, 7) is -0.552. The highest BCUT2D eigenvalue weighted by molar-refractivity contribution is 6.30. The van der Waals surface area contributed by atoms with Crippen molar-refractivity contribution in [3.8, 4) is 0 Å². The van der Waals surface area contributed by atoms with Crippen LogP contribution in [0.15, 0.2) is 42.5 Å². The van der Waals surface area contributed by atoms with Gasteiger partial charge in [0.15, 0.2) is 1.41 Å². The zero-order chi connectivity index (χ0) is 28.4. The van der Waals surface area contributed by atoms with Crippen molar-refractivity contribution in [3.05, 3.63) is 69.7 Å². The van der Waals surface area contributed by atoms with E-state index in [1.54, 1.807) is 0 Å². The lowest BCUT2D eigenvalue weighted by molar-refractivity contribution is -0.144. The van der Waals surface area contributed by atoms with Gasteiger partial charge in [0.2, 0.25) is 17.6 Å². The second-order valence-electron chi connectivity index (χ2n) is 7.21. The summed E-state index contributed by atoms with van der Waals surface area (Å²) < 4.78 is 77.2. The van der Waals surface area contributed by atoms with E-state index in [2.05, 4.69) is 0 Å². The van der Waals surface area contributed by atoms with Gasteiger partial charge >= 0.3 is 5.92 Å². The molecule has 3 amide bonds. The minimum absolute atomic E-state index is 0.0595. The van der Waals surface area contributed by atoms with Crippen LogP contribution in [0.3, 0.4) is 0 Å². The molecule has 0 aromatic heterocycles. The first-order valence-electron chi connectivity index (χ1n) is 12.4. The Morgan fingerprint density at radius 3 is 2.69 bits per heavy atom. The smallest absolute Gasteiger partial charge is 0.322 e. The Morgan fingerprint density at radius 2 is 1.97 bits per heavy atom. The van der Waals surface area contributed by atoms with Gasteiger partial charge in [-0.25, -0.2) is 0 Å². The molecule has 2 aromatic rings. The van der Waals surface area contributed by atoms with Crippen LogP contribution in [0.5, 0.6) is 0 Å². The topological polar surface area (TPSA) is 83.6 Å². The Bertz CT molecular complexity index is 1370. The van der Waals surface area contributed by atoms with E-state index < -0.39 is 72.0 Å². The summed E-state index contributed by atoms with van der Waals surface area (Å²) in [6, 6.07) is 5.30. The molecule has 6 nitrogen and oxygen atoms in total. The Kier molecular flexibility index (Phi) is 4.12. The summed E-state index contributed by atoms with van der Waals surface area (Å²) in [5, 5.41) is -0.225. The molecule has 0 radical (unpaired) electrons. The van der Waals surface area contributed by atoms with Gasteiger partial charge in [-0.3, -0.25) is 24.5 Å². The number of nitrogens with one attached hydrogen (secondary N) is 1. The highest BCUT2D eigenvalue weighted by Crippen LogP contribution is 2.32. The van der Waals surface area contributed by atoms with Crippen LogP contribution >= 0.6 is 11.6 Å². The lowest BCUT2D eigenvalue weighted by Crippen LogP contribution is -2.52. The van der Waals surface area contributed by atoms with Gasteiger partial charge in [-0.05, 0) is 42.1 Å². The first kappa shape index (κ1) is 15.6. The summed E-state index contributed by atoms with van der Waals surface area (Å²) in [6.07, 6.45) is -7.70. The average molecular weight is 467 g/mol. The molecule has 4 rings (SSSR count). The lowest BCUT2D eigenvalue weighted by Gasteiger charge is -2.29. The van der Waals surface area contributed by atoms with E-state index in [1.807, 2.05) is 0 Å². The third-order valence-electron chi connectivity index (χ3n) is 5.13. The van der Waals surface area contributed by atoms with Crippen molar-refractivity contribution < 1.29 is 36.2 Å². The van der Waals surface area contributed by atoms with Crippen molar-refractivity contribution in [2.24, 2.45) is 0 Å². The largest absolute Gasteiger partial charge is 0.330 e. The number of hydrogen-bond acceptors (Lipinski definition) is 4. The predicted octanol–water partition coefficient (Wildman–Crippen LogP) is 3.39. The quantitative estimate of drug-likeness (QED) is 0.661. The molecule has 0 bridgehead atoms. The Balaban J connectivity index is 1.56. The SMILES string of the molecule is [2H]N1C(=O)C([2H])([2H])C([2H])([2H])[C@]([2H])(N2Cc3cc(CCC(=O)C(F)(F)c4ccc(Cl)cc4)ccc3C2=O)C1=O. The number of rotatable bonds is 6. The Labute approximate surface area is 196 Å². The maximum atomic E-state index is 14.6. The molecule has 1 N–H and O–H groups in total. The number of carbonyl (C=O) groups excluding carboxylic acids is 4. The summed E-state index contributed by atoms with van der Waals surface area (Å²) >= 11 is 5.71. The molecule has 0 unspecified atom stereocenters. The van der Waals surface area contributed by atoms with Gasteiger partial charge in [-0.1, -0.05) is 35.9 Å². The highest BCUT2D eigenvalue weighted by atomic mass is 35.5. The van der Waals surface area contributed by atoms with Crippen LogP contribution in [0.4, 0.5) is 8.78 Å². The average Bonchev–Trinajstić information content (AvgIpc) is 3.20. The molecule has 0 saturated carbocycles. The number of hydrogen-bond donors (Lipinski definition) is 1. The first-order valence-corrected chi connectivity index (χ1v) is 9.84. The van der Waals surface area contributed by atoms with Gasteiger partial charge in [0.05, 0.1) is 1.37 Å². The third kappa shape index (κ3) is 4.14. The molecule has 1 atom stereocenters. The van der Waals surface area contributed by atoms with E-state index >= 15 is 0 Å². The van der Waals surface area contributed by atoms with Crippen LogP contribution in [0.2, 0.25) is 6.43 Å². The van der Waals surface area contributed by atoms with E-state index in [4.69, 9.17) is 19.9 Å². The van der Waals surface area contributed by atoms with Gasteiger partial charge in [0, 0.05) is 41.0 Å². The van der Waals surface area contributed by atoms with Crippen molar-refractivity contribution >= 4 is 35.1 Å². The number of amides is 3. The molecule has 0 spiro atoms. The molecular formula is C23H19ClF2N2O4. The van der Waals surface area contributed by atoms with E-state index in [1.165, 1.54) is 30.3 Å². The summed E-state index contributed by atoms with van der Waals surface area (Å²) in [5.41, 5.74) is -0.0382. The Hall–Kier alpha value is -3.13. The van der Waals surface area contributed by atoms with E-state index in [9.17, 15) is 28.0 Å². The normalized spacial score (nSPS) is 27.0. The minimum atomic E-state index is -3.77. The molecule has 166 valence electrons. The number of imide groups is 1. The fourth-order valence-electron chi connectivity index (χ4n) is 3.47. The second kappa shape index (κ2) is 8.43. The fourth-order valence-corrected chi connectivity index (χ4v) is 3.59. The summed E-state index contributed by atoms with van der Waals surface area (Å²) in [5.74, 6) is -9.67. The number of nitrogens with zero attached hydrogens (tertiary/aromatic N) is 1. The van der Waals surface area contributed by atoms with Crippen LogP contribution in [-0.2, 0) is 33.3 Å². The predicted molar refractivity (Wildman–Crippen MR) is 111 cm³/mol. The number of carbonyl (C=O) groups is 4. The summed E-state index contributed by atoms with van der Waals surface area (Å²) in [7, 11) is 0. The zero-order valence-corrected chi connectivity index (χ0v) is 17.1. The number of fused-ring (bicyclic) bond motifs is 1. The number of piperidine rings is 1.